The van der Waals surface area contributed by atoms with Crippen molar-refractivity contribution in [3.8, 4) is 0 Å². The monoisotopic (exact) mass is 456 g/mol. The van der Waals surface area contributed by atoms with Gasteiger partial charge < -0.3 is 9.74 Å². The van der Waals surface area contributed by atoms with E-state index in [4.69, 9.17) is 4.84 Å². The zero-order chi connectivity index (χ0) is 23.5. The molecule has 4 nitrogen and oxygen atoms in total. The minimum atomic E-state index is -0.690. The Morgan fingerprint density at radius 1 is 0.941 bits per heavy atom. The van der Waals surface area contributed by atoms with Crippen molar-refractivity contribution in [1.29, 1.82) is 0 Å². The van der Waals surface area contributed by atoms with Crippen LogP contribution in [-0.4, -0.2) is 29.2 Å². The smallest absolute Gasteiger partial charge is 0.254 e. The van der Waals surface area contributed by atoms with Crippen LogP contribution in [0, 0.1) is 11.6 Å². The maximum absolute atomic E-state index is 14.5. The quantitative estimate of drug-likeness (QED) is 0.360. The predicted octanol–water partition coefficient (Wildman–Crippen LogP) is 5.95. The summed E-state index contributed by atoms with van der Waals surface area (Å²) in [6.45, 7) is 0.188. The maximum Gasteiger partial charge on any atom is 0.254 e. The van der Waals surface area contributed by atoms with E-state index in [9.17, 15) is 13.6 Å². The molecule has 0 unspecified atom stereocenters. The normalized spacial score (nSPS) is 15.1. The van der Waals surface area contributed by atoms with E-state index in [-0.39, 0.29) is 30.7 Å². The van der Waals surface area contributed by atoms with Gasteiger partial charge in [-0.1, -0.05) is 78.0 Å². The second-order valence-corrected chi connectivity index (χ2v) is 8.28. The number of hydrogen-bond acceptors (Lipinski definition) is 3. The Balaban J connectivity index is 1.43. The van der Waals surface area contributed by atoms with E-state index >= 15 is 0 Å². The molecule has 4 aromatic rings. The highest BCUT2D eigenvalue weighted by Gasteiger charge is 2.28. The van der Waals surface area contributed by atoms with E-state index in [1.807, 2.05) is 66.7 Å². The summed E-state index contributed by atoms with van der Waals surface area (Å²) in [5, 5.41) is 5.96. The molecule has 1 heterocycles. The summed E-state index contributed by atoms with van der Waals surface area (Å²) < 4.78 is 28.0. The number of amides is 1. The van der Waals surface area contributed by atoms with Crippen LogP contribution in [0.4, 0.5) is 8.78 Å². The van der Waals surface area contributed by atoms with Crippen LogP contribution in [0.25, 0.3) is 10.8 Å². The van der Waals surface area contributed by atoms with Crippen molar-refractivity contribution < 1.29 is 18.4 Å². The zero-order valence-corrected chi connectivity index (χ0v) is 18.3. The number of halogens is 2. The summed E-state index contributed by atoms with van der Waals surface area (Å²) in [4.78, 5) is 20.9. The molecule has 6 heteroatoms. The van der Waals surface area contributed by atoms with Gasteiger partial charge in [-0.2, -0.15) is 0 Å². The molecule has 1 amide bonds. The van der Waals surface area contributed by atoms with E-state index in [1.54, 1.807) is 11.0 Å². The first kappa shape index (κ1) is 21.8. The highest BCUT2D eigenvalue weighted by molar-refractivity contribution is 6.07. The third-order valence-electron chi connectivity index (χ3n) is 5.95. The predicted molar refractivity (Wildman–Crippen MR) is 128 cm³/mol. The summed E-state index contributed by atoms with van der Waals surface area (Å²) in [5.41, 5.74) is 2.51. The molecular weight excluding hydrogens is 434 g/mol. The van der Waals surface area contributed by atoms with Gasteiger partial charge in [-0.25, -0.2) is 8.78 Å². The Kier molecular flexibility index (Phi) is 6.04. The van der Waals surface area contributed by atoms with Crippen LogP contribution in [0.3, 0.4) is 0 Å². The number of carbonyl (C=O) groups excluding carboxylic acids is 1. The summed E-state index contributed by atoms with van der Waals surface area (Å²) in [6, 6.07) is 26.3. The maximum atomic E-state index is 14.5. The van der Waals surface area contributed by atoms with Crippen LogP contribution in [0.2, 0.25) is 0 Å². The minimum absolute atomic E-state index is 0.0191. The van der Waals surface area contributed by atoms with Crippen molar-refractivity contribution >= 4 is 22.4 Å². The third-order valence-corrected chi connectivity index (χ3v) is 5.95. The van der Waals surface area contributed by atoms with Crippen LogP contribution in [-0.2, 0) is 11.4 Å². The molecule has 0 fully saturated rings. The highest BCUT2D eigenvalue weighted by atomic mass is 19.1. The number of nitrogens with zero attached hydrogens (tertiary/aromatic N) is 2. The van der Waals surface area contributed by atoms with Crippen LogP contribution in [0.15, 0.2) is 96.2 Å². The molecule has 0 N–H and O–H groups in total. The Labute approximate surface area is 196 Å². The number of hydrogen-bond donors (Lipinski definition) is 0. The molecule has 170 valence electrons. The minimum Gasteiger partial charge on any atom is -0.390 e. The fraction of sp³-hybridized carbons (Fsp3) is 0.143. The second-order valence-electron chi connectivity index (χ2n) is 8.28. The molecule has 0 saturated carbocycles. The van der Waals surface area contributed by atoms with Crippen LogP contribution in [0.1, 0.15) is 27.9 Å². The molecule has 0 spiro atoms. The van der Waals surface area contributed by atoms with E-state index in [2.05, 4.69) is 5.16 Å². The average Bonchev–Trinajstić information content (AvgIpc) is 3.33. The molecule has 4 aromatic carbocycles. The van der Waals surface area contributed by atoms with Crippen LogP contribution in [0.5, 0.6) is 0 Å². The topological polar surface area (TPSA) is 41.9 Å². The Morgan fingerprint density at radius 3 is 2.53 bits per heavy atom. The Morgan fingerprint density at radius 2 is 1.71 bits per heavy atom. The largest absolute Gasteiger partial charge is 0.390 e. The molecular formula is C28H22F2N2O2. The summed E-state index contributed by atoms with van der Waals surface area (Å²) >= 11 is 0. The lowest BCUT2D eigenvalue weighted by Gasteiger charge is -2.26. The first-order valence-corrected chi connectivity index (χ1v) is 11.1. The van der Waals surface area contributed by atoms with Gasteiger partial charge in [0, 0.05) is 30.2 Å². The molecule has 0 aromatic heterocycles. The summed E-state index contributed by atoms with van der Waals surface area (Å²) in [6.07, 6.45) is 0.146. The van der Waals surface area contributed by atoms with Crippen molar-refractivity contribution in [3.05, 3.63) is 119 Å². The van der Waals surface area contributed by atoms with Crippen molar-refractivity contribution in [1.82, 2.24) is 4.90 Å². The molecule has 5 rings (SSSR count). The van der Waals surface area contributed by atoms with Gasteiger partial charge in [-0.15, -0.1) is 0 Å². The van der Waals surface area contributed by atoms with Gasteiger partial charge >= 0.3 is 0 Å². The van der Waals surface area contributed by atoms with Gasteiger partial charge in [-0.3, -0.25) is 4.79 Å². The average molecular weight is 456 g/mol. The molecule has 0 saturated heterocycles. The molecule has 1 aliphatic heterocycles. The molecule has 0 radical (unpaired) electrons. The van der Waals surface area contributed by atoms with E-state index < -0.39 is 11.6 Å². The van der Waals surface area contributed by atoms with Gasteiger partial charge in [0.2, 0.25) is 0 Å². The van der Waals surface area contributed by atoms with Crippen LogP contribution < -0.4 is 0 Å². The SMILES string of the molecule is O=C(c1cccc2ccccc12)N(Cc1ccc(F)cc1F)C[C@H]1CC(c2ccccc2)=NO1. The molecule has 1 aliphatic rings. The van der Waals surface area contributed by atoms with Crippen molar-refractivity contribution in [3.63, 3.8) is 0 Å². The molecule has 0 bridgehead atoms. The number of rotatable bonds is 6. The summed E-state index contributed by atoms with van der Waals surface area (Å²) in [5.74, 6) is -1.60. The fourth-order valence-corrected chi connectivity index (χ4v) is 4.23. The number of oxime groups is 1. The molecule has 1 atom stereocenters. The highest BCUT2D eigenvalue weighted by Crippen LogP contribution is 2.24. The Hall–Kier alpha value is -4.06. The lowest BCUT2D eigenvalue weighted by Crippen LogP contribution is -2.37. The first-order chi connectivity index (χ1) is 16.6. The van der Waals surface area contributed by atoms with Crippen molar-refractivity contribution in [2.75, 3.05) is 6.54 Å². The first-order valence-electron chi connectivity index (χ1n) is 11.1. The lowest BCUT2D eigenvalue weighted by atomic mass is 10.0. The lowest BCUT2D eigenvalue weighted by molar-refractivity contribution is 0.0404. The zero-order valence-electron chi connectivity index (χ0n) is 18.3. The van der Waals surface area contributed by atoms with Crippen molar-refractivity contribution in [2.45, 2.75) is 19.1 Å². The van der Waals surface area contributed by atoms with E-state index in [0.717, 1.165) is 28.1 Å². The van der Waals surface area contributed by atoms with Gasteiger partial charge in [-0.05, 0) is 28.5 Å². The van der Waals surface area contributed by atoms with Gasteiger partial charge in [0.15, 0.2) is 6.10 Å². The standard InChI is InChI=1S/C28H22F2N2O2/c29-22-14-13-21(26(30)15-22)17-32(18-23-16-27(31-34-23)20-8-2-1-3-9-20)28(33)25-12-6-10-19-7-4-5-11-24(19)25/h1-15,23H,16-18H2/t23-/m1/s1. The number of benzene rings is 4. The Bertz CT molecular complexity index is 1370. The summed E-state index contributed by atoms with van der Waals surface area (Å²) in [7, 11) is 0. The molecule has 0 aliphatic carbocycles. The molecule has 34 heavy (non-hydrogen) atoms. The third kappa shape index (κ3) is 4.53. The van der Waals surface area contributed by atoms with E-state index in [0.29, 0.717) is 12.0 Å². The van der Waals surface area contributed by atoms with E-state index in [1.165, 1.54) is 12.1 Å². The fourth-order valence-electron chi connectivity index (χ4n) is 4.23. The van der Waals surface area contributed by atoms with Crippen molar-refractivity contribution in [2.24, 2.45) is 5.16 Å². The number of carbonyl (C=O) groups is 1. The van der Waals surface area contributed by atoms with Gasteiger partial charge in [0.25, 0.3) is 5.91 Å². The van der Waals surface area contributed by atoms with Gasteiger partial charge in [0.05, 0.1) is 12.3 Å². The second kappa shape index (κ2) is 9.43. The van der Waals surface area contributed by atoms with Gasteiger partial charge in [0.1, 0.15) is 11.6 Å². The van der Waals surface area contributed by atoms with Crippen LogP contribution >= 0.6 is 0 Å². The number of fused-ring (bicyclic) bond motifs is 1.